The number of fused-ring (bicyclic) bond motifs is 3. The van der Waals surface area contributed by atoms with E-state index in [-0.39, 0.29) is 12.5 Å². The molecule has 0 unspecified atom stereocenters. The number of rotatable bonds is 9. The lowest BCUT2D eigenvalue weighted by atomic mass is 9.98. The quantitative estimate of drug-likeness (QED) is 0.576. The van der Waals surface area contributed by atoms with Crippen LogP contribution in [0.1, 0.15) is 42.7 Å². The zero-order valence-electron chi connectivity index (χ0n) is 15.8. The van der Waals surface area contributed by atoms with Crippen molar-refractivity contribution in [1.29, 1.82) is 0 Å². The van der Waals surface area contributed by atoms with Crippen molar-refractivity contribution in [2.75, 3.05) is 13.2 Å². The van der Waals surface area contributed by atoms with Gasteiger partial charge in [0.2, 0.25) is 0 Å². The van der Waals surface area contributed by atoms with E-state index in [0.29, 0.717) is 19.4 Å². The Balaban J connectivity index is 1.60. The molecule has 1 aliphatic rings. The van der Waals surface area contributed by atoms with Crippen molar-refractivity contribution in [3.63, 3.8) is 0 Å². The maximum absolute atomic E-state index is 12.2. The second-order valence-electron chi connectivity index (χ2n) is 7.00. The van der Waals surface area contributed by atoms with Crippen molar-refractivity contribution in [3.05, 3.63) is 59.7 Å². The number of carboxylic acids is 1. The summed E-state index contributed by atoms with van der Waals surface area (Å²) in [4.78, 5) is 23.6. The van der Waals surface area contributed by atoms with E-state index in [0.717, 1.165) is 35.1 Å². The summed E-state index contributed by atoms with van der Waals surface area (Å²) >= 11 is 0. The Bertz CT molecular complexity index is 791. The van der Waals surface area contributed by atoms with E-state index in [1.807, 2.05) is 36.4 Å². The second-order valence-corrected chi connectivity index (χ2v) is 7.00. The maximum Gasteiger partial charge on any atom is 0.407 e. The predicted molar refractivity (Wildman–Crippen MR) is 107 cm³/mol. The summed E-state index contributed by atoms with van der Waals surface area (Å²) < 4.78 is 5.41. The molecule has 6 nitrogen and oxygen atoms in total. The summed E-state index contributed by atoms with van der Waals surface area (Å²) in [5.41, 5.74) is 9.98. The maximum atomic E-state index is 12.2. The molecule has 1 amide bonds. The lowest BCUT2D eigenvalue weighted by Crippen LogP contribution is -2.41. The van der Waals surface area contributed by atoms with Gasteiger partial charge in [-0.25, -0.2) is 9.59 Å². The van der Waals surface area contributed by atoms with Crippen LogP contribution in [-0.2, 0) is 9.53 Å². The average molecular weight is 382 g/mol. The molecule has 4 N–H and O–H groups in total. The fourth-order valence-corrected chi connectivity index (χ4v) is 3.71. The highest BCUT2D eigenvalue weighted by Crippen LogP contribution is 2.44. The number of hydrogen-bond donors (Lipinski definition) is 3. The van der Waals surface area contributed by atoms with Crippen molar-refractivity contribution in [2.24, 2.45) is 5.73 Å². The molecular weight excluding hydrogens is 356 g/mol. The highest BCUT2D eigenvalue weighted by molar-refractivity contribution is 5.81. The summed E-state index contributed by atoms with van der Waals surface area (Å²) in [6.45, 7) is 0.747. The van der Waals surface area contributed by atoms with Crippen LogP contribution in [0.3, 0.4) is 0 Å². The van der Waals surface area contributed by atoms with Crippen LogP contribution < -0.4 is 11.1 Å². The van der Waals surface area contributed by atoms with Crippen molar-refractivity contribution >= 4 is 12.1 Å². The molecule has 2 aromatic rings. The predicted octanol–water partition coefficient (Wildman–Crippen LogP) is 3.50. The number of amides is 1. The zero-order chi connectivity index (χ0) is 19.9. The first-order valence-corrected chi connectivity index (χ1v) is 9.66. The molecule has 1 aliphatic carbocycles. The third kappa shape index (κ3) is 4.51. The normalized spacial score (nSPS) is 13.5. The fraction of sp³-hybridized carbons (Fsp3) is 0.364. The van der Waals surface area contributed by atoms with Crippen LogP contribution in [0, 0.1) is 0 Å². The van der Waals surface area contributed by atoms with Crippen LogP contribution in [-0.4, -0.2) is 36.4 Å². The number of nitrogens with one attached hydrogen (secondary N) is 1. The van der Waals surface area contributed by atoms with Crippen molar-refractivity contribution < 1.29 is 19.4 Å². The average Bonchev–Trinajstić information content (AvgIpc) is 3.02. The van der Waals surface area contributed by atoms with Crippen LogP contribution in [0.25, 0.3) is 11.1 Å². The van der Waals surface area contributed by atoms with Gasteiger partial charge in [-0.1, -0.05) is 61.4 Å². The summed E-state index contributed by atoms with van der Waals surface area (Å²) in [7, 11) is 0. The Morgan fingerprint density at radius 1 is 1.00 bits per heavy atom. The summed E-state index contributed by atoms with van der Waals surface area (Å²) in [5, 5.41) is 11.8. The molecule has 0 fully saturated rings. The van der Waals surface area contributed by atoms with Gasteiger partial charge in [-0.05, 0) is 41.6 Å². The van der Waals surface area contributed by atoms with Gasteiger partial charge in [-0.15, -0.1) is 0 Å². The van der Waals surface area contributed by atoms with E-state index in [9.17, 15) is 14.7 Å². The smallest absolute Gasteiger partial charge is 0.407 e. The van der Waals surface area contributed by atoms with Gasteiger partial charge in [-0.2, -0.15) is 0 Å². The molecule has 0 saturated carbocycles. The van der Waals surface area contributed by atoms with Gasteiger partial charge >= 0.3 is 12.1 Å². The highest BCUT2D eigenvalue weighted by atomic mass is 16.5. The van der Waals surface area contributed by atoms with Crippen molar-refractivity contribution in [2.45, 2.75) is 37.6 Å². The van der Waals surface area contributed by atoms with Gasteiger partial charge in [0.15, 0.2) is 0 Å². The van der Waals surface area contributed by atoms with E-state index in [2.05, 4.69) is 17.4 Å². The van der Waals surface area contributed by atoms with Crippen LogP contribution in [0.5, 0.6) is 0 Å². The number of carboxylic acid groups (broad SMARTS) is 1. The molecular formula is C22H26N2O4. The molecule has 2 aromatic carbocycles. The number of aliphatic carboxylic acids is 1. The molecule has 0 aliphatic heterocycles. The molecule has 3 rings (SSSR count). The van der Waals surface area contributed by atoms with E-state index in [1.54, 1.807) is 0 Å². The monoisotopic (exact) mass is 382 g/mol. The van der Waals surface area contributed by atoms with Gasteiger partial charge in [0.25, 0.3) is 0 Å². The topological polar surface area (TPSA) is 102 Å². The van der Waals surface area contributed by atoms with E-state index in [4.69, 9.17) is 10.5 Å². The number of ether oxygens (including phenoxy) is 1. The molecule has 0 heterocycles. The van der Waals surface area contributed by atoms with E-state index >= 15 is 0 Å². The van der Waals surface area contributed by atoms with Gasteiger partial charge in [0.05, 0.1) is 0 Å². The SMILES string of the molecule is NCCCCC[C@@H](NC(=O)OCC1c2ccccc2-c2ccccc21)C(=O)O. The van der Waals surface area contributed by atoms with Crippen LogP contribution >= 0.6 is 0 Å². The Kier molecular flexibility index (Phi) is 6.66. The molecule has 0 aromatic heterocycles. The molecule has 0 bridgehead atoms. The number of nitrogens with two attached hydrogens (primary N) is 1. The molecule has 0 spiro atoms. The summed E-state index contributed by atoms with van der Waals surface area (Å²) in [6.07, 6.45) is 2.04. The minimum absolute atomic E-state index is 0.0500. The molecule has 1 atom stereocenters. The molecule has 148 valence electrons. The molecule has 28 heavy (non-hydrogen) atoms. The number of benzene rings is 2. The van der Waals surface area contributed by atoms with Gasteiger partial charge < -0.3 is 20.9 Å². The van der Waals surface area contributed by atoms with Gasteiger partial charge in [0, 0.05) is 5.92 Å². The standard InChI is InChI=1S/C22H26N2O4/c23-13-7-1-2-12-20(21(25)26)24-22(27)28-14-19-17-10-5-3-8-15(17)16-9-4-6-11-18(16)19/h3-6,8-11,19-20H,1-2,7,12-14,23H2,(H,24,27)(H,25,26)/t20-/m1/s1. The minimum Gasteiger partial charge on any atom is -0.480 e. The first-order valence-electron chi connectivity index (χ1n) is 9.66. The Hall–Kier alpha value is -2.86. The number of unbranched alkanes of at least 4 members (excludes halogenated alkanes) is 2. The number of carbonyl (C=O) groups is 2. The van der Waals surface area contributed by atoms with Crippen molar-refractivity contribution in [3.8, 4) is 11.1 Å². The lowest BCUT2D eigenvalue weighted by molar-refractivity contribution is -0.139. The van der Waals surface area contributed by atoms with E-state index in [1.165, 1.54) is 0 Å². The minimum atomic E-state index is -1.05. The third-order valence-corrected chi connectivity index (χ3v) is 5.13. The number of hydrogen-bond acceptors (Lipinski definition) is 4. The highest BCUT2D eigenvalue weighted by Gasteiger charge is 2.29. The number of alkyl carbamates (subject to hydrolysis) is 1. The fourth-order valence-electron chi connectivity index (χ4n) is 3.71. The lowest BCUT2D eigenvalue weighted by Gasteiger charge is -2.17. The molecule has 6 heteroatoms. The Morgan fingerprint density at radius 3 is 2.18 bits per heavy atom. The van der Waals surface area contributed by atoms with E-state index < -0.39 is 18.1 Å². The van der Waals surface area contributed by atoms with Crippen LogP contribution in [0.2, 0.25) is 0 Å². The second kappa shape index (κ2) is 9.37. The molecule has 0 radical (unpaired) electrons. The van der Waals surface area contributed by atoms with Crippen LogP contribution in [0.15, 0.2) is 48.5 Å². The third-order valence-electron chi connectivity index (χ3n) is 5.13. The van der Waals surface area contributed by atoms with Gasteiger partial charge in [0.1, 0.15) is 12.6 Å². The Morgan fingerprint density at radius 2 is 1.61 bits per heavy atom. The van der Waals surface area contributed by atoms with Gasteiger partial charge in [-0.3, -0.25) is 0 Å². The zero-order valence-corrected chi connectivity index (χ0v) is 15.8. The number of carbonyl (C=O) groups excluding carboxylic acids is 1. The summed E-state index contributed by atoms with van der Waals surface area (Å²) in [6, 6.07) is 15.2. The summed E-state index contributed by atoms with van der Waals surface area (Å²) in [5.74, 6) is -1.10. The Labute approximate surface area is 164 Å². The first kappa shape index (κ1) is 19.9. The molecule has 0 saturated heterocycles. The largest absolute Gasteiger partial charge is 0.480 e. The first-order chi connectivity index (χ1) is 13.6. The van der Waals surface area contributed by atoms with Crippen molar-refractivity contribution in [1.82, 2.24) is 5.32 Å². The van der Waals surface area contributed by atoms with Crippen LogP contribution in [0.4, 0.5) is 4.79 Å².